The number of amides is 2. The van der Waals surface area contributed by atoms with Gasteiger partial charge < -0.3 is 19.9 Å². The molecule has 2 fully saturated rings. The summed E-state index contributed by atoms with van der Waals surface area (Å²) in [6, 6.07) is 4.12. The smallest absolute Gasteiger partial charge is 0.317 e. The van der Waals surface area contributed by atoms with Crippen molar-refractivity contribution in [1.82, 2.24) is 15.2 Å². The minimum Gasteiger partial charge on any atom is -0.378 e. The number of nitrogens with zero attached hydrogens (tertiary/aromatic N) is 3. The second-order valence-electron chi connectivity index (χ2n) is 6.65. The molecule has 1 atom stereocenters. The summed E-state index contributed by atoms with van der Waals surface area (Å²) in [4.78, 5) is 21.0. The van der Waals surface area contributed by atoms with Gasteiger partial charge >= 0.3 is 6.03 Å². The van der Waals surface area contributed by atoms with E-state index in [9.17, 15) is 4.79 Å². The standard InChI is InChI=1S/C18H28N4O2/c1-2-15-4-3-7-22(14-15)18(23)20-13-16-5-6-17(19-12-16)21-8-10-24-11-9-21/h5-6,12,15H,2-4,7-11,13-14H2,1H3,(H,20,23). The largest absolute Gasteiger partial charge is 0.378 e. The summed E-state index contributed by atoms with van der Waals surface area (Å²) in [6.45, 7) is 7.78. The molecule has 24 heavy (non-hydrogen) atoms. The molecule has 6 nitrogen and oxygen atoms in total. The van der Waals surface area contributed by atoms with Crippen LogP contribution in [0.25, 0.3) is 0 Å². The molecular weight excluding hydrogens is 304 g/mol. The molecule has 3 rings (SSSR count). The van der Waals surface area contributed by atoms with Gasteiger partial charge in [0.2, 0.25) is 0 Å². The number of piperidine rings is 1. The van der Waals surface area contributed by atoms with Crippen LogP contribution in [0.1, 0.15) is 31.7 Å². The Labute approximate surface area is 144 Å². The number of carbonyl (C=O) groups excluding carboxylic acids is 1. The Bertz CT molecular complexity index is 528. The number of ether oxygens (including phenoxy) is 1. The van der Waals surface area contributed by atoms with Crippen LogP contribution in [-0.2, 0) is 11.3 Å². The van der Waals surface area contributed by atoms with Crippen LogP contribution in [0, 0.1) is 5.92 Å². The van der Waals surface area contributed by atoms with E-state index < -0.39 is 0 Å². The van der Waals surface area contributed by atoms with Gasteiger partial charge in [-0.2, -0.15) is 0 Å². The van der Waals surface area contributed by atoms with Crippen LogP contribution in [0.4, 0.5) is 10.6 Å². The topological polar surface area (TPSA) is 57.7 Å². The van der Waals surface area contributed by atoms with E-state index in [0.717, 1.165) is 63.6 Å². The molecule has 2 aliphatic rings. The summed E-state index contributed by atoms with van der Waals surface area (Å²) in [5, 5.41) is 3.03. The van der Waals surface area contributed by atoms with Crippen molar-refractivity contribution in [3.05, 3.63) is 23.9 Å². The number of likely N-dealkylation sites (tertiary alicyclic amines) is 1. The lowest BCUT2D eigenvalue weighted by atomic mass is 9.96. The van der Waals surface area contributed by atoms with Crippen LogP contribution in [0.5, 0.6) is 0 Å². The predicted molar refractivity (Wildman–Crippen MR) is 94.1 cm³/mol. The van der Waals surface area contributed by atoms with E-state index in [-0.39, 0.29) is 6.03 Å². The van der Waals surface area contributed by atoms with E-state index >= 15 is 0 Å². The number of nitrogens with one attached hydrogen (secondary N) is 1. The first-order chi connectivity index (χ1) is 11.8. The van der Waals surface area contributed by atoms with Crippen molar-refractivity contribution in [2.24, 2.45) is 5.92 Å². The molecule has 0 aliphatic carbocycles. The van der Waals surface area contributed by atoms with Crippen molar-refractivity contribution in [1.29, 1.82) is 0 Å². The summed E-state index contributed by atoms with van der Waals surface area (Å²) in [6.07, 6.45) is 5.36. The SMILES string of the molecule is CCC1CCCN(C(=O)NCc2ccc(N3CCOCC3)nc2)C1. The van der Waals surface area contributed by atoms with Gasteiger partial charge in [-0.05, 0) is 30.4 Å². The highest BCUT2D eigenvalue weighted by Gasteiger charge is 2.22. The molecule has 0 saturated carbocycles. The van der Waals surface area contributed by atoms with E-state index in [1.807, 2.05) is 23.2 Å². The van der Waals surface area contributed by atoms with Gasteiger partial charge in [-0.1, -0.05) is 19.4 Å². The van der Waals surface area contributed by atoms with Gasteiger partial charge in [-0.25, -0.2) is 9.78 Å². The summed E-state index contributed by atoms with van der Waals surface area (Å²) in [7, 11) is 0. The summed E-state index contributed by atoms with van der Waals surface area (Å²) in [5.41, 5.74) is 1.03. The maximum Gasteiger partial charge on any atom is 0.317 e. The number of hydrogen-bond donors (Lipinski definition) is 1. The lowest BCUT2D eigenvalue weighted by Gasteiger charge is -2.32. The molecule has 3 heterocycles. The van der Waals surface area contributed by atoms with Crippen molar-refractivity contribution in [2.75, 3.05) is 44.3 Å². The highest BCUT2D eigenvalue weighted by molar-refractivity contribution is 5.74. The van der Waals surface area contributed by atoms with Crippen molar-refractivity contribution in [3.63, 3.8) is 0 Å². The maximum atomic E-state index is 12.3. The van der Waals surface area contributed by atoms with Gasteiger partial charge in [0.15, 0.2) is 0 Å². The number of hydrogen-bond acceptors (Lipinski definition) is 4. The van der Waals surface area contributed by atoms with Gasteiger partial charge in [0.05, 0.1) is 13.2 Å². The molecule has 132 valence electrons. The number of aromatic nitrogens is 1. The molecule has 2 aliphatic heterocycles. The van der Waals surface area contributed by atoms with Crippen LogP contribution in [0.2, 0.25) is 0 Å². The Balaban J connectivity index is 1.48. The second kappa shape index (κ2) is 8.33. The molecule has 0 radical (unpaired) electrons. The summed E-state index contributed by atoms with van der Waals surface area (Å²) < 4.78 is 5.36. The van der Waals surface area contributed by atoms with Crippen LogP contribution >= 0.6 is 0 Å². The normalized spacial score (nSPS) is 21.6. The first kappa shape index (κ1) is 17.0. The molecule has 0 bridgehead atoms. The van der Waals surface area contributed by atoms with Gasteiger partial charge in [0.25, 0.3) is 0 Å². The number of pyridine rings is 1. The lowest BCUT2D eigenvalue weighted by Crippen LogP contribution is -2.45. The Hall–Kier alpha value is -1.82. The molecule has 2 saturated heterocycles. The van der Waals surface area contributed by atoms with Gasteiger partial charge in [0.1, 0.15) is 5.82 Å². The van der Waals surface area contributed by atoms with Crippen molar-refractivity contribution in [3.8, 4) is 0 Å². The quantitative estimate of drug-likeness (QED) is 0.919. The Morgan fingerprint density at radius 1 is 1.33 bits per heavy atom. The van der Waals surface area contributed by atoms with E-state index in [1.54, 1.807) is 0 Å². The number of rotatable bonds is 4. The third-order valence-electron chi connectivity index (χ3n) is 4.97. The van der Waals surface area contributed by atoms with Crippen molar-refractivity contribution >= 4 is 11.8 Å². The minimum atomic E-state index is 0.0467. The molecule has 1 aromatic heterocycles. The Morgan fingerprint density at radius 3 is 2.88 bits per heavy atom. The van der Waals surface area contributed by atoms with Crippen molar-refractivity contribution < 1.29 is 9.53 Å². The number of urea groups is 1. The fourth-order valence-electron chi connectivity index (χ4n) is 3.37. The van der Waals surface area contributed by atoms with Crippen molar-refractivity contribution in [2.45, 2.75) is 32.7 Å². The molecule has 2 amide bonds. The highest BCUT2D eigenvalue weighted by atomic mass is 16.5. The molecule has 0 spiro atoms. The first-order valence-electron chi connectivity index (χ1n) is 9.06. The van der Waals surface area contributed by atoms with Crippen LogP contribution in [-0.4, -0.2) is 55.3 Å². The molecule has 0 aromatic carbocycles. The molecule has 6 heteroatoms. The molecule has 1 unspecified atom stereocenters. The Kier molecular flexibility index (Phi) is 5.91. The average molecular weight is 332 g/mol. The minimum absolute atomic E-state index is 0.0467. The van der Waals surface area contributed by atoms with E-state index in [4.69, 9.17) is 4.74 Å². The molecule has 1 N–H and O–H groups in total. The Morgan fingerprint density at radius 2 is 2.17 bits per heavy atom. The fourth-order valence-corrected chi connectivity index (χ4v) is 3.37. The van der Waals surface area contributed by atoms with Crippen LogP contribution < -0.4 is 10.2 Å². The second-order valence-corrected chi connectivity index (χ2v) is 6.65. The van der Waals surface area contributed by atoms with E-state index in [1.165, 1.54) is 6.42 Å². The number of carbonyl (C=O) groups is 1. The van der Waals surface area contributed by atoms with Crippen LogP contribution in [0.3, 0.4) is 0 Å². The van der Waals surface area contributed by atoms with Gasteiger partial charge in [-0.3, -0.25) is 0 Å². The zero-order chi connectivity index (χ0) is 16.8. The molecule has 1 aromatic rings. The maximum absolute atomic E-state index is 12.3. The lowest BCUT2D eigenvalue weighted by molar-refractivity contribution is 0.122. The van der Waals surface area contributed by atoms with Crippen LogP contribution in [0.15, 0.2) is 18.3 Å². The van der Waals surface area contributed by atoms with E-state index in [2.05, 4.69) is 22.1 Å². The fraction of sp³-hybridized carbons (Fsp3) is 0.667. The highest BCUT2D eigenvalue weighted by Crippen LogP contribution is 2.19. The summed E-state index contributed by atoms with van der Waals surface area (Å²) in [5.74, 6) is 1.63. The van der Waals surface area contributed by atoms with Gasteiger partial charge in [-0.15, -0.1) is 0 Å². The zero-order valence-corrected chi connectivity index (χ0v) is 14.5. The molecular formula is C18H28N4O2. The monoisotopic (exact) mass is 332 g/mol. The van der Waals surface area contributed by atoms with E-state index in [0.29, 0.717) is 12.5 Å². The summed E-state index contributed by atoms with van der Waals surface area (Å²) >= 11 is 0. The first-order valence-corrected chi connectivity index (χ1v) is 9.06. The number of morpholine rings is 1. The third-order valence-corrected chi connectivity index (χ3v) is 4.97. The third kappa shape index (κ3) is 4.38. The van der Waals surface area contributed by atoms with Gasteiger partial charge in [0, 0.05) is 38.9 Å². The predicted octanol–water partition coefficient (Wildman–Crippen LogP) is 2.25. The zero-order valence-electron chi connectivity index (χ0n) is 14.5. The average Bonchev–Trinajstić information content (AvgIpc) is 2.67. The number of anilines is 1.